The molecule has 13 aromatic rings. The average molecular weight is 717 g/mol. The molecule has 2 aromatic heterocycles. The molecule has 0 unspecified atom stereocenters. The van der Waals surface area contributed by atoms with Crippen molar-refractivity contribution in [1.29, 1.82) is 0 Å². The third kappa shape index (κ3) is 3.24. The standard InChI is InChI=1S/C54H29BN2/c1-3-17-34-30(13-1)32-15-5-7-19-36(32)48-38(34)27-28-45-50(48)40-22-11-23-42-53(40)57(45)47-26-12-25-46-52(47)55(42)43-29-41-35-18-4-2-14-31(35)33-16-6-8-20-37(33)49(41)51-39-21-9-10-24-44(39)56(46)54(43)51/h1-29H. The molecule has 0 bridgehead atoms. The number of rotatable bonds is 0. The highest BCUT2D eigenvalue weighted by molar-refractivity contribution is 7.00. The molecule has 15 rings (SSSR count). The number of hydrogen-bond acceptors (Lipinski definition) is 0. The zero-order valence-corrected chi connectivity index (χ0v) is 30.7. The first-order valence-corrected chi connectivity index (χ1v) is 20.1. The van der Waals surface area contributed by atoms with Crippen LogP contribution in [-0.4, -0.2) is 15.8 Å². The fourth-order valence-electron chi connectivity index (χ4n) is 11.8. The van der Waals surface area contributed by atoms with Crippen LogP contribution in [0.1, 0.15) is 0 Å². The summed E-state index contributed by atoms with van der Waals surface area (Å²) in [5.74, 6) is 0. The Hall–Kier alpha value is -7.36. The van der Waals surface area contributed by atoms with E-state index in [0.717, 1.165) is 0 Å². The molecule has 2 aliphatic rings. The molecule has 0 radical (unpaired) electrons. The van der Waals surface area contributed by atoms with Crippen molar-refractivity contribution < 1.29 is 0 Å². The Morgan fingerprint density at radius 3 is 1.40 bits per heavy atom. The lowest BCUT2D eigenvalue weighted by molar-refractivity contribution is 1.14. The van der Waals surface area contributed by atoms with Crippen LogP contribution in [-0.2, 0) is 0 Å². The fourth-order valence-corrected chi connectivity index (χ4v) is 11.8. The summed E-state index contributed by atoms with van der Waals surface area (Å²) in [6, 6.07) is 66.7. The third-order valence-electron chi connectivity index (χ3n) is 13.8. The normalized spacial score (nSPS) is 13.2. The maximum Gasteiger partial charge on any atom is 0.252 e. The number of nitrogens with zero attached hydrogens (tertiary/aromatic N) is 2. The summed E-state index contributed by atoms with van der Waals surface area (Å²) in [5, 5.41) is 21.2. The van der Waals surface area contributed by atoms with E-state index in [4.69, 9.17) is 0 Å². The molecule has 0 amide bonds. The highest BCUT2D eigenvalue weighted by Crippen LogP contribution is 2.47. The van der Waals surface area contributed by atoms with Crippen molar-refractivity contribution in [3.63, 3.8) is 0 Å². The molecule has 3 heteroatoms. The van der Waals surface area contributed by atoms with Crippen molar-refractivity contribution in [2.24, 2.45) is 0 Å². The molecule has 0 spiro atoms. The molecule has 4 heterocycles. The molecular weight excluding hydrogens is 687 g/mol. The van der Waals surface area contributed by atoms with Gasteiger partial charge in [0, 0.05) is 49.2 Å². The molecule has 0 fully saturated rings. The molecule has 258 valence electrons. The molecule has 57 heavy (non-hydrogen) atoms. The molecule has 0 saturated carbocycles. The number of benzene rings is 11. The first-order valence-electron chi connectivity index (χ1n) is 20.1. The SMILES string of the molecule is c1cc2c3c(c1)-n1c4ccccc4c4c5c6ccccc6c6ccccc6c5cc(c41)B3c1cccc3c4c5c6ccccc6c6ccccc6c5ccc4n-2c13. The van der Waals surface area contributed by atoms with Gasteiger partial charge < -0.3 is 9.13 Å². The van der Waals surface area contributed by atoms with Crippen LogP contribution in [0.2, 0.25) is 0 Å². The quantitative estimate of drug-likeness (QED) is 0.109. The number of aromatic nitrogens is 2. The molecule has 2 nitrogen and oxygen atoms in total. The van der Waals surface area contributed by atoms with Crippen molar-refractivity contribution in [1.82, 2.24) is 9.13 Å². The second-order valence-corrected chi connectivity index (χ2v) is 16.3. The van der Waals surface area contributed by atoms with Crippen molar-refractivity contribution in [2.75, 3.05) is 0 Å². The van der Waals surface area contributed by atoms with Crippen LogP contribution in [0.5, 0.6) is 0 Å². The van der Waals surface area contributed by atoms with Crippen LogP contribution in [0, 0.1) is 0 Å². The number of fused-ring (bicyclic) bond motifs is 24. The van der Waals surface area contributed by atoms with E-state index in [1.165, 1.54) is 136 Å². The largest absolute Gasteiger partial charge is 0.310 e. The van der Waals surface area contributed by atoms with E-state index in [2.05, 4.69) is 185 Å². The topological polar surface area (TPSA) is 9.86 Å². The Balaban J connectivity index is 1.18. The van der Waals surface area contributed by atoms with E-state index < -0.39 is 0 Å². The van der Waals surface area contributed by atoms with E-state index in [1.54, 1.807) is 0 Å². The predicted octanol–water partition coefficient (Wildman–Crippen LogP) is 11.9. The summed E-state index contributed by atoms with van der Waals surface area (Å²) in [6.07, 6.45) is 0. The van der Waals surface area contributed by atoms with Gasteiger partial charge in [-0.05, 0) is 94.5 Å². The van der Waals surface area contributed by atoms with Gasteiger partial charge in [0.1, 0.15) is 0 Å². The zero-order valence-electron chi connectivity index (χ0n) is 30.7. The van der Waals surface area contributed by atoms with Crippen LogP contribution in [0.15, 0.2) is 176 Å². The van der Waals surface area contributed by atoms with Crippen molar-refractivity contribution in [3.8, 4) is 11.4 Å². The van der Waals surface area contributed by atoms with Gasteiger partial charge in [-0.15, -0.1) is 0 Å². The van der Waals surface area contributed by atoms with E-state index in [-0.39, 0.29) is 6.71 Å². The molecule has 0 N–H and O–H groups in total. The summed E-state index contributed by atoms with van der Waals surface area (Å²) in [7, 11) is 0. The zero-order chi connectivity index (χ0) is 36.7. The second-order valence-electron chi connectivity index (χ2n) is 16.3. The van der Waals surface area contributed by atoms with Crippen LogP contribution in [0.25, 0.3) is 120 Å². The molecular formula is C54H29BN2. The average Bonchev–Trinajstić information content (AvgIpc) is 3.81. The third-order valence-corrected chi connectivity index (χ3v) is 13.8. The lowest BCUT2D eigenvalue weighted by Crippen LogP contribution is -2.59. The Morgan fingerprint density at radius 1 is 0.281 bits per heavy atom. The van der Waals surface area contributed by atoms with Crippen molar-refractivity contribution in [2.45, 2.75) is 0 Å². The van der Waals surface area contributed by atoms with Gasteiger partial charge in [-0.2, -0.15) is 0 Å². The minimum atomic E-state index is 0.0643. The predicted molar refractivity (Wildman–Crippen MR) is 245 cm³/mol. The minimum Gasteiger partial charge on any atom is -0.310 e. The van der Waals surface area contributed by atoms with Crippen molar-refractivity contribution >= 4 is 131 Å². The van der Waals surface area contributed by atoms with Gasteiger partial charge in [-0.3, -0.25) is 0 Å². The minimum absolute atomic E-state index is 0.0643. The molecule has 0 saturated heterocycles. The summed E-state index contributed by atoms with van der Waals surface area (Å²) < 4.78 is 5.21. The lowest BCUT2D eigenvalue weighted by atomic mass is 9.34. The van der Waals surface area contributed by atoms with Crippen LogP contribution < -0.4 is 16.4 Å². The number of hydrogen-bond donors (Lipinski definition) is 0. The summed E-state index contributed by atoms with van der Waals surface area (Å²) in [6.45, 7) is 0.0643. The van der Waals surface area contributed by atoms with Crippen LogP contribution >= 0.6 is 0 Å². The monoisotopic (exact) mass is 716 g/mol. The van der Waals surface area contributed by atoms with Gasteiger partial charge in [0.2, 0.25) is 0 Å². The van der Waals surface area contributed by atoms with Gasteiger partial charge in [0.05, 0.1) is 16.6 Å². The second kappa shape index (κ2) is 9.89. The van der Waals surface area contributed by atoms with Gasteiger partial charge in [-0.25, -0.2) is 0 Å². The van der Waals surface area contributed by atoms with Crippen LogP contribution in [0.4, 0.5) is 0 Å². The smallest absolute Gasteiger partial charge is 0.252 e. The van der Waals surface area contributed by atoms with E-state index >= 15 is 0 Å². The van der Waals surface area contributed by atoms with Gasteiger partial charge in [-0.1, -0.05) is 152 Å². The Bertz CT molecular complexity index is 4020. The molecule has 2 aliphatic heterocycles. The fraction of sp³-hybridized carbons (Fsp3) is 0. The van der Waals surface area contributed by atoms with Gasteiger partial charge in [0.25, 0.3) is 6.71 Å². The van der Waals surface area contributed by atoms with Gasteiger partial charge in [0.15, 0.2) is 0 Å². The Morgan fingerprint density at radius 2 is 0.754 bits per heavy atom. The summed E-state index contributed by atoms with van der Waals surface area (Å²) in [4.78, 5) is 0. The molecule has 0 atom stereocenters. The summed E-state index contributed by atoms with van der Waals surface area (Å²) >= 11 is 0. The first-order chi connectivity index (χ1) is 28.3. The highest BCUT2D eigenvalue weighted by Gasteiger charge is 2.41. The highest BCUT2D eigenvalue weighted by atomic mass is 15.0. The summed E-state index contributed by atoms with van der Waals surface area (Å²) in [5.41, 5.74) is 11.9. The lowest BCUT2D eigenvalue weighted by Gasteiger charge is -2.34. The molecule has 11 aromatic carbocycles. The van der Waals surface area contributed by atoms with Crippen molar-refractivity contribution in [3.05, 3.63) is 176 Å². The first kappa shape index (κ1) is 29.0. The number of para-hydroxylation sites is 2. The van der Waals surface area contributed by atoms with E-state index in [1.807, 2.05) is 0 Å². The molecule has 0 aliphatic carbocycles. The van der Waals surface area contributed by atoms with Gasteiger partial charge >= 0.3 is 0 Å². The Labute approximate surface area is 326 Å². The Kier molecular flexibility index (Phi) is 5.03. The maximum atomic E-state index is 2.61. The van der Waals surface area contributed by atoms with Crippen LogP contribution in [0.3, 0.4) is 0 Å². The van der Waals surface area contributed by atoms with E-state index in [9.17, 15) is 0 Å². The maximum absolute atomic E-state index is 2.61. The van der Waals surface area contributed by atoms with E-state index in [0.29, 0.717) is 0 Å².